The number of carbonyl (C=O) groups excluding carboxylic acids is 1. The number of para-hydroxylation sites is 2. The number of carbonyl (C=O) groups is 1. The van der Waals surface area contributed by atoms with E-state index < -0.39 is 0 Å². The zero-order valence-corrected chi connectivity index (χ0v) is 11.6. The second kappa shape index (κ2) is 7.32. The van der Waals surface area contributed by atoms with Crippen molar-refractivity contribution in [2.75, 3.05) is 12.4 Å². The first-order valence-electron chi connectivity index (χ1n) is 5.54. The summed E-state index contributed by atoms with van der Waals surface area (Å²) in [5.74, 6) is 0.405. The lowest BCUT2D eigenvalue weighted by Gasteiger charge is -2.09. The molecule has 1 aromatic rings. The van der Waals surface area contributed by atoms with Crippen LogP contribution in [0.25, 0.3) is 0 Å². The SMILES string of the molecule is COc1ccccc1NC(=O)C/C(C)=N\NC(N)=S. The maximum Gasteiger partial charge on any atom is 0.230 e. The second-order valence-corrected chi connectivity index (χ2v) is 4.19. The molecular formula is C12H16N4O2S. The minimum atomic E-state index is -0.199. The first kappa shape index (κ1) is 14.9. The van der Waals surface area contributed by atoms with Crippen LogP contribution in [0.15, 0.2) is 29.4 Å². The molecule has 0 fully saturated rings. The zero-order chi connectivity index (χ0) is 14.3. The van der Waals surface area contributed by atoms with Crippen LogP contribution in [0.3, 0.4) is 0 Å². The Balaban J connectivity index is 2.60. The van der Waals surface area contributed by atoms with E-state index in [2.05, 4.69) is 28.1 Å². The fourth-order valence-corrected chi connectivity index (χ4v) is 1.41. The average Bonchev–Trinajstić information content (AvgIpc) is 2.37. The van der Waals surface area contributed by atoms with Crippen LogP contribution in [0.1, 0.15) is 13.3 Å². The highest BCUT2D eigenvalue weighted by atomic mass is 32.1. The molecule has 0 heterocycles. The van der Waals surface area contributed by atoms with Crippen LogP contribution in [0, 0.1) is 0 Å². The van der Waals surface area contributed by atoms with Crippen molar-refractivity contribution >= 4 is 34.6 Å². The molecule has 0 aromatic heterocycles. The zero-order valence-electron chi connectivity index (χ0n) is 10.8. The summed E-state index contributed by atoms with van der Waals surface area (Å²) in [6.07, 6.45) is 0.133. The van der Waals surface area contributed by atoms with Gasteiger partial charge in [0.25, 0.3) is 0 Å². The average molecular weight is 280 g/mol. The number of methoxy groups -OCH3 is 1. The lowest BCUT2D eigenvalue weighted by Crippen LogP contribution is -2.26. The highest BCUT2D eigenvalue weighted by molar-refractivity contribution is 7.80. The Morgan fingerprint density at radius 3 is 2.79 bits per heavy atom. The second-order valence-electron chi connectivity index (χ2n) is 3.75. The quantitative estimate of drug-likeness (QED) is 0.429. The van der Waals surface area contributed by atoms with Crippen molar-refractivity contribution in [3.63, 3.8) is 0 Å². The molecule has 7 heteroatoms. The molecule has 1 rings (SSSR count). The number of hydrogen-bond donors (Lipinski definition) is 3. The number of benzene rings is 1. The van der Waals surface area contributed by atoms with Gasteiger partial charge in [-0.2, -0.15) is 5.10 Å². The third-order valence-electron chi connectivity index (χ3n) is 2.15. The predicted molar refractivity (Wildman–Crippen MR) is 79.3 cm³/mol. The standard InChI is InChI=1S/C12H16N4O2S/c1-8(15-16-12(13)19)7-11(17)14-9-5-3-4-6-10(9)18-2/h3-6H,7H2,1-2H3,(H,14,17)(H3,13,16,19)/b15-8-. The molecule has 0 unspecified atom stereocenters. The lowest BCUT2D eigenvalue weighted by molar-refractivity contribution is -0.115. The van der Waals surface area contributed by atoms with Crippen molar-refractivity contribution in [3.05, 3.63) is 24.3 Å². The van der Waals surface area contributed by atoms with E-state index in [9.17, 15) is 4.79 Å². The van der Waals surface area contributed by atoms with Gasteiger partial charge in [0.15, 0.2) is 5.11 Å². The molecule has 4 N–H and O–H groups in total. The number of nitrogens with one attached hydrogen (secondary N) is 2. The molecule has 0 spiro atoms. The van der Waals surface area contributed by atoms with Gasteiger partial charge in [-0.05, 0) is 31.3 Å². The Labute approximate surface area is 117 Å². The van der Waals surface area contributed by atoms with Crippen LogP contribution in [-0.4, -0.2) is 23.8 Å². The molecule has 19 heavy (non-hydrogen) atoms. The van der Waals surface area contributed by atoms with Crippen LogP contribution in [0.4, 0.5) is 5.69 Å². The molecule has 102 valence electrons. The minimum Gasteiger partial charge on any atom is -0.495 e. The number of hydrazone groups is 1. The summed E-state index contributed by atoms with van der Waals surface area (Å²) in [7, 11) is 1.55. The van der Waals surface area contributed by atoms with Crippen molar-refractivity contribution < 1.29 is 9.53 Å². The van der Waals surface area contributed by atoms with Crippen molar-refractivity contribution in [2.45, 2.75) is 13.3 Å². The molecule has 0 aliphatic heterocycles. The van der Waals surface area contributed by atoms with Gasteiger partial charge >= 0.3 is 0 Å². The monoisotopic (exact) mass is 280 g/mol. The largest absolute Gasteiger partial charge is 0.495 e. The molecule has 0 radical (unpaired) electrons. The Morgan fingerprint density at radius 2 is 2.16 bits per heavy atom. The Bertz CT molecular complexity index is 502. The fourth-order valence-electron chi connectivity index (χ4n) is 1.36. The Hall–Kier alpha value is -2.15. The number of anilines is 1. The smallest absolute Gasteiger partial charge is 0.230 e. The predicted octanol–water partition coefficient (Wildman–Crippen LogP) is 1.23. The highest BCUT2D eigenvalue weighted by Crippen LogP contribution is 2.22. The maximum atomic E-state index is 11.8. The van der Waals surface area contributed by atoms with Crippen LogP contribution in [0.2, 0.25) is 0 Å². The number of amides is 1. The molecule has 0 bridgehead atoms. The lowest BCUT2D eigenvalue weighted by atomic mass is 10.2. The van der Waals surface area contributed by atoms with Gasteiger partial charge in [-0.1, -0.05) is 12.1 Å². The van der Waals surface area contributed by atoms with E-state index in [0.29, 0.717) is 17.1 Å². The number of rotatable bonds is 5. The van der Waals surface area contributed by atoms with Gasteiger partial charge in [0, 0.05) is 5.71 Å². The summed E-state index contributed by atoms with van der Waals surface area (Å²) in [5.41, 5.74) is 8.84. The molecule has 1 amide bonds. The molecular weight excluding hydrogens is 264 g/mol. The van der Waals surface area contributed by atoms with Gasteiger partial charge in [0.05, 0.1) is 19.2 Å². The summed E-state index contributed by atoms with van der Waals surface area (Å²) in [5, 5.41) is 6.66. The molecule has 0 aliphatic carbocycles. The summed E-state index contributed by atoms with van der Waals surface area (Å²) in [6, 6.07) is 7.17. The normalized spacial score (nSPS) is 10.7. The highest BCUT2D eigenvalue weighted by Gasteiger charge is 2.08. The van der Waals surface area contributed by atoms with Crippen LogP contribution >= 0.6 is 12.2 Å². The first-order valence-corrected chi connectivity index (χ1v) is 5.95. The number of thiocarbonyl (C=S) groups is 1. The summed E-state index contributed by atoms with van der Waals surface area (Å²) in [6.45, 7) is 1.70. The molecule has 0 saturated carbocycles. The van der Waals surface area contributed by atoms with Gasteiger partial charge in [0.2, 0.25) is 5.91 Å². The summed E-state index contributed by atoms with van der Waals surface area (Å²) < 4.78 is 5.14. The molecule has 0 saturated heterocycles. The molecule has 0 atom stereocenters. The number of nitrogens with zero attached hydrogens (tertiary/aromatic N) is 1. The van der Waals surface area contributed by atoms with E-state index in [1.807, 2.05) is 12.1 Å². The van der Waals surface area contributed by atoms with Crippen molar-refractivity contribution in [3.8, 4) is 5.75 Å². The molecule has 1 aromatic carbocycles. The van der Waals surface area contributed by atoms with Gasteiger partial charge < -0.3 is 15.8 Å². The molecule has 6 nitrogen and oxygen atoms in total. The fraction of sp³-hybridized carbons (Fsp3) is 0.250. The van der Waals surface area contributed by atoms with E-state index in [1.54, 1.807) is 26.2 Å². The Morgan fingerprint density at radius 1 is 1.47 bits per heavy atom. The Kier molecular flexibility index (Phi) is 5.74. The third kappa shape index (κ3) is 5.35. The van der Waals surface area contributed by atoms with Crippen molar-refractivity contribution in [2.24, 2.45) is 10.8 Å². The van der Waals surface area contributed by atoms with Crippen molar-refractivity contribution in [1.29, 1.82) is 0 Å². The number of ether oxygens (including phenoxy) is 1. The minimum absolute atomic E-state index is 0.0597. The van der Waals surface area contributed by atoms with Crippen LogP contribution < -0.4 is 21.2 Å². The number of hydrogen-bond acceptors (Lipinski definition) is 4. The summed E-state index contributed by atoms with van der Waals surface area (Å²) in [4.78, 5) is 11.8. The van der Waals surface area contributed by atoms with Gasteiger partial charge in [0.1, 0.15) is 5.75 Å². The van der Waals surface area contributed by atoms with Gasteiger partial charge in [-0.15, -0.1) is 0 Å². The van der Waals surface area contributed by atoms with Gasteiger partial charge in [-0.25, -0.2) is 0 Å². The van der Waals surface area contributed by atoms with E-state index >= 15 is 0 Å². The van der Waals surface area contributed by atoms with Crippen molar-refractivity contribution in [1.82, 2.24) is 5.43 Å². The van der Waals surface area contributed by atoms with E-state index in [1.165, 1.54) is 0 Å². The van der Waals surface area contributed by atoms with Gasteiger partial charge in [-0.3, -0.25) is 10.2 Å². The third-order valence-corrected chi connectivity index (χ3v) is 2.25. The first-order chi connectivity index (χ1) is 9.02. The topological polar surface area (TPSA) is 88.7 Å². The van der Waals surface area contributed by atoms with E-state index in [0.717, 1.165) is 0 Å². The van der Waals surface area contributed by atoms with E-state index in [4.69, 9.17) is 10.5 Å². The molecule has 0 aliphatic rings. The summed E-state index contributed by atoms with van der Waals surface area (Å²) >= 11 is 4.61. The maximum absolute atomic E-state index is 11.8. The van der Waals surface area contributed by atoms with Crippen LogP contribution in [-0.2, 0) is 4.79 Å². The number of nitrogens with two attached hydrogens (primary N) is 1. The van der Waals surface area contributed by atoms with E-state index in [-0.39, 0.29) is 17.4 Å². The van der Waals surface area contributed by atoms with Crippen LogP contribution in [0.5, 0.6) is 5.75 Å².